The van der Waals surface area contributed by atoms with Gasteiger partial charge < -0.3 is 28.4 Å². The van der Waals surface area contributed by atoms with Crippen molar-refractivity contribution in [3.63, 3.8) is 0 Å². The molecule has 0 saturated carbocycles. The molecule has 0 aromatic heterocycles. The number of hydrogen-bond donors (Lipinski definition) is 0. The van der Waals surface area contributed by atoms with E-state index in [9.17, 15) is 9.59 Å². The number of allylic oxidation sites excluding steroid dienone is 1. The Morgan fingerprint density at radius 3 is 2.09 bits per heavy atom. The van der Waals surface area contributed by atoms with Crippen molar-refractivity contribution in [3.05, 3.63) is 77.0 Å². The number of methoxy groups -OCH3 is 4. The summed E-state index contributed by atoms with van der Waals surface area (Å²) >= 11 is 0. The fourth-order valence-corrected chi connectivity index (χ4v) is 3.42. The second-order valence-electron chi connectivity index (χ2n) is 7.20. The van der Waals surface area contributed by atoms with Crippen LogP contribution in [0.3, 0.4) is 0 Å². The summed E-state index contributed by atoms with van der Waals surface area (Å²) in [7, 11) is 6.07. The van der Waals surface area contributed by atoms with E-state index in [4.69, 9.17) is 28.4 Å². The van der Waals surface area contributed by atoms with E-state index >= 15 is 0 Å². The third kappa shape index (κ3) is 4.52. The molecule has 0 amide bonds. The predicted octanol–water partition coefficient (Wildman–Crippen LogP) is 4.56. The molecule has 3 aromatic rings. The summed E-state index contributed by atoms with van der Waals surface area (Å²) in [4.78, 5) is 25.5. The van der Waals surface area contributed by atoms with Gasteiger partial charge >= 0.3 is 5.97 Å². The molecular weight excluding hydrogens is 440 g/mol. The number of rotatable bonds is 7. The zero-order valence-corrected chi connectivity index (χ0v) is 19.0. The minimum Gasteiger partial charge on any atom is -0.497 e. The van der Waals surface area contributed by atoms with Gasteiger partial charge in [-0.25, -0.2) is 4.79 Å². The largest absolute Gasteiger partial charge is 0.497 e. The summed E-state index contributed by atoms with van der Waals surface area (Å²) < 4.78 is 32.3. The monoisotopic (exact) mass is 462 g/mol. The number of carbonyl (C=O) groups excluding carboxylic acids is 2. The Balaban J connectivity index is 1.58. The summed E-state index contributed by atoms with van der Waals surface area (Å²) in [5.41, 5.74) is 1.23. The minimum atomic E-state index is -0.613. The van der Waals surface area contributed by atoms with Crippen LogP contribution in [0.1, 0.15) is 26.3 Å². The topological polar surface area (TPSA) is 89.5 Å². The van der Waals surface area contributed by atoms with Gasteiger partial charge in [0.25, 0.3) is 0 Å². The molecule has 0 bridgehead atoms. The smallest absolute Gasteiger partial charge is 0.343 e. The minimum absolute atomic E-state index is 0.113. The highest BCUT2D eigenvalue weighted by Crippen LogP contribution is 2.36. The van der Waals surface area contributed by atoms with Crippen molar-refractivity contribution in [3.8, 4) is 34.5 Å². The van der Waals surface area contributed by atoms with Crippen molar-refractivity contribution in [2.45, 2.75) is 0 Å². The summed E-state index contributed by atoms with van der Waals surface area (Å²) in [5.74, 6) is 1.79. The molecule has 3 aromatic carbocycles. The highest BCUT2D eigenvalue weighted by Gasteiger charge is 2.28. The fourth-order valence-electron chi connectivity index (χ4n) is 3.42. The van der Waals surface area contributed by atoms with Gasteiger partial charge in [-0.1, -0.05) is 0 Å². The molecule has 4 rings (SSSR count). The summed E-state index contributed by atoms with van der Waals surface area (Å²) in [6.07, 6.45) is 1.58. The van der Waals surface area contributed by atoms with Crippen LogP contribution in [0, 0.1) is 0 Å². The molecule has 0 fully saturated rings. The molecule has 0 atom stereocenters. The average molecular weight is 462 g/mol. The lowest BCUT2D eigenvalue weighted by molar-refractivity contribution is 0.0733. The molecule has 0 aliphatic carbocycles. The zero-order valence-electron chi connectivity index (χ0n) is 19.0. The first kappa shape index (κ1) is 22.7. The summed E-state index contributed by atoms with van der Waals surface area (Å²) in [6, 6.07) is 14.5. The number of Topliss-reactive ketones (excluding diaryl/α,β-unsaturated/α-hetero) is 1. The molecule has 0 radical (unpaired) electrons. The molecular formula is C26H22O8. The first-order chi connectivity index (χ1) is 16.4. The van der Waals surface area contributed by atoms with E-state index in [1.165, 1.54) is 33.5 Å². The van der Waals surface area contributed by atoms with Gasteiger partial charge in [0.05, 0.1) is 39.6 Å². The van der Waals surface area contributed by atoms with Crippen LogP contribution in [0.15, 0.2) is 60.4 Å². The van der Waals surface area contributed by atoms with E-state index in [1.54, 1.807) is 55.7 Å². The molecule has 174 valence electrons. The number of ketones is 1. The van der Waals surface area contributed by atoms with Crippen molar-refractivity contribution in [2.24, 2.45) is 0 Å². The van der Waals surface area contributed by atoms with Gasteiger partial charge in [0.2, 0.25) is 5.78 Å². The maximum absolute atomic E-state index is 12.9. The second kappa shape index (κ2) is 9.58. The fraction of sp³-hybridized carbons (Fsp3) is 0.154. The SMILES string of the molecule is COc1cc(OC)cc(C(=O)Oc2ccc3c(c2)O/C(=C\c2cc(OC)ccc2OC)C3=O)c1. The second-order valence-corrected chi connectivity index (χ2v) is 7.20. The van der Waals surface area contributed by atoms with Gasteiger partial charge in [0, 0.05) is 17.7 Å². The van der Waals surface area contributed by atoms with Crippen LogP contribution >= 0.6 is 0 Å². The van der Waals surface area contributed by atoms with Crippen molar-refractivity contribution in [2.75, 3.05) is 28.4 Å². The van der Waals surface area contributed by atoms with E-state index in [-0.39, 0.29) is 28.6 Å². The number of ether oxygens (including phenoxy) is 6. The molecule has 0 spiro atoms. The van der Waals surface area contributed by atoms with E-state index in [0.717, 1.165) is 0 Å². The number of esters is 1. The lowest BCUT2D eigenvalue weighted by Crippen LogP contribution is -2.09. The van der Waals surface area contributed by atoms with Crippen LogP contribution in [0.5, 0.6) is 34.5 Å². The highest BCUT2D eigenvalue weighted by atomic mass is 16.5. The third-order valence-corrected chi connectivity index (χ3v) is 5.16. The first-order valence-corrected chi connectivity index (χ1v) is 10.2. The van der Waals surface area contributed by atoms with Crippen molar-refractivity contribution in [1.29, 1.82) is 0 Å². The van der Waals surface area contributed by atoms with Crippen LogP contribution in [0.2, 0.25) is 0 Å². The molecule has 0 N–H and O–H groups in total. The van der Waals surface area contributed by atoms with Gasteiger partial charge in [-0.3, -0.25) is 4.79 Å². The molecule has 1 heterocycles. The van der Waals surface area contributed by atoms with E-state index in [2.05, 4.69) is 0 Å². The molecule has 1 aliphatic rings. The number of hydrogen-bond acceptors (Lipinski definition) is 8. The number of fused-ring (bicyclic) bond motifs is 1. The Labute approximate surface area is 196 Å². The Morgan fingerprint density at radius 1 is 0.765 bits per heavy atom. The van der Waals surface area contributed by atoms with E-state index in [1.807, 2.05) is 0 Å². The van der Waals surface area contributed by atoms with Gasteiger partial charge in [-0.05, 0) is 48.5 Å². The van der Waals surface area contributed by atoms with Crippen LogP contribution in [0.4, 0.5) is 0 Å². The summed E-state index contributed by atoms with van der Waals surface area (Å²) in [6.45, 7) is 0. The number of carbonyl (C=O) groups is 2. The van der Waals surface area contributed by atoms with Crippen LogP contribution in [0.25, 0.3) is 6.08 Å². The Kier molecular flexibility index (Phi) is 6.40. The lowest BCUT2D eigenvalue weighted by Gasteiger charge is -2.09. The Morgan fingerprint density at radius 2 is 1.44 bits per heavy atom. The highest BCUT2D eigenvalue weighted by molar-refractivity contribution is 6.14. The van der Waals surface area contributed by atoms with Gasteiger partial charge in [-0.2, -0.15) is 0 Å². The van der Waals surface area contributed by atoms with Crippen molar-refractivity contribution in [1.82, 2.24) is 0 Å². The first-order valence-electron chi connectivity index (χ1n) is 10.2. The molecule has 0 unspecified atom stereocenters. The van der Waals surface area contributed by atoms with E-state index in [0.29, 0.717) is 34.1 Å². The van der Waals surface area contributed by atoms with Gasteiger partial charge in [-0.15, -0.1) is 0 Å². The predicted molar refractivity (Wildman–Crippen MR) is 123 cm³/mol. The van der Waals surface area contributed by atoms with E-state index < -0.39 is 5.97 Å². The van der Waals surface area contributed by atoms with Gasteiger partial charge in [0.15, 0.2) is 5.76 Å². The molecule has 8 heteroatoms. The van der Waals surface area contributed by atoms with Gasteiger partial charge in [0.1, 0.15) is 34.5 Å². The van der Waals surface area contributed by atoms with Crippen LogP contribution in [-0.4, -0.2) is 40.2 Å². The van der Waals surface area contributed by atoms with Crippen molar-refractivity contribution < 1.29 is 38.0 Å². The van der Waals surface area contributed by atoms with Crippen molar-refractivity contribution >= 4 is 17.8 Å². The molecule has 1 aliphatic heterocycles. The Bertz CT molecular complexity index is 1270. The lowest BCUT2D eigenvalue weighted by atomic mass is 10.1. The molecule has 34 heavy (non-hydrogen) atoms. The average Bonchev–Trinajstić information content (AvgIpc) is 3.17. The zero-order chi connectivity index (χ0) is 24.2. The quantitative estimate of drug-likeness (QED) is 0.287. The standard InChI is InChI=1S/C26H22O8/c1-29-17-6-8-22(32-4)15(9-17)12-24-25(27)21-7-5-18(14-23(21)34-24)33-26(28)16-10-19(30-2)13-20(11-16)31-3/h5-14H,1-4H3/b24-12-. The van der Waals surface area contributed by atoms with Crippen LogP contribution < -0.4 is 28.4 Å². The molecule has 0 saturated heterocycles. The summed E-state index contributed by atoms with van der Waals surface area (Å²) in [5, 5.41) is 0. The number of benzene rings is 3. The maximum Gasteiger partial charge on any atom is 0.343 e. The third-order valence-electron chi connectivity index (χ3n) is 5.16. The Hall–Kier alpha value is -4.46. The molecule has 8 nitrogen and oxygen atoms in total. The normalized spacial score (nSPS) is 13.2. The maximum atomic E-state index is 12.9. The van der Waals surface area contributed by atoms with Crippen LogP contribution in [-0.2, 0) is 0 Å².